The molecule has 0 unspecified atom stereocenters. The van der Waals surface area contributed by atoms with Gasteiger partial charge in [-0.1, -0.05) is 30.3 Å². The Morgan fingerprint density at radius 2 is 1.91 bits per heavy atom. The molecule has 2 N–H and O–H groups in total. The van der Waals surface area contributed by atoms with Gasteiger partial charge in [0.05, 0.1) is 0 Å². The fraction of sp³-hybridized carbons (Fsp3) is 0.0667. The van der Waals surface area contributed by atoms with Crippen LogP contribution in [0.2, 0.25) is 0 Å². The zero-order valence-electron chi connectivity index (χ0n) is 11.2. The highest BCUT2D eigenvalue weighted by Gasteiger charge is 2.17. The number of ether oxygens (including phenoxy) is 1. The van der Waals surface area contributed by atoms with Gasteiger partial charge in [-0.3, -0.25) is 5.32 Å². The van der Waals surface area contributed by atoms with E-state index in [1.54, 1.807) is 12.1 Å². The summed E-state index contributed by atoms with van der Waals surface area (Å²) in [7, 11) is 0. The smallest absolute Gasteiger partial charge is 0.411 e. The molecule has 0 atom stereocenters. The molecule has 0 aromatic heterocycles. The molecule has 0 fully saturated rings. The Bertz CT molecular complexity index is 683. The second-order valence-electron chi connectivity index (χ2n) is 4.31. The molecule has 0 aliphatic rings. The third kappa shape index (κ3) is 4.05. The number of benzene rings is 2. The van der Waals surface area contributed by atoms with Crippen molar-refractivity contribution >= 4 is 33.7 Å². The van der Waals surface area contributed by atoms with Crippen LogP contribution in [-0.4, -0.2) is 17.2 Å². The van der Waals surface area contributed by atoms with Crippen LogP contribution >= 0.6 is 15.9 Å². The summed E-state index contributed by atoms with van der Waals surface area (Å²) in [6.45, 7) is 0.0730. The molecule has 0 spiro atoms. The van der Waals surface area contributed by atoms with Gasteiger partial charge in [-0.15, -0.1) is 0 Å². The third-order valence-electron chi connectivity index (χ3n) is 2.72. The van der Waals surface area contributed by atoms with Gasteiger partial charge in [-0.25, -0.2) is 14.0 Å². The van der Waals surface area contributed by atoms with Crippen molar-refractivity contribution in [3.63, 3.8) is 0 Å². The van der Waals surface area contributed by atoms with Crippen LogP contribution in [0, 0.1) is 5.82 Å². The number of carboxylic acids is 1. The van der Waals surface area contributed by atoms with E-state index < -0.39 is 23.4 Å². The minimum atomic E-state index is -1.40. The predicted molar refractivity (Wildman–Crippen MR) is 81.3 cm³/mol. The molecule has 0 radical (unpaired) electrons. The normalized spacial score (nSPS) is 10.1. The molecule has 2 aromatic carbocycles. The quantitative estimate of drug-likeness (QED) is 0.854. The number of anilines is 1. The van der Waals surface area contributed by atoms with E-state index in [0.717, 1.165) is 11.6 Å². The molecule has 0 heterocycles. The lowest BCUT2D eigenvalue weighted by Crippen LogP contribution is -2.14. The van der Waals surface area contributed by atoms with Gasteiger partial charge in [0.1, 0.15) is 18.0 Å². The van der Waals surface area contributed by atoms with Crippen molar-refractivity contribution in [2.45, 2.75) is 6.61 Å². The maximum Gasteiger partial charge on any atom is 0.411 e. The van der Waals surface area contributed by atoms with Gasteiger partial charge >= 0.3 is 12.1 Å². The molecule has 5 nitrogen and oxygen atoms in total. The Morgan fingerprint density at radius 1 is 1.23 bits per heavy atom. The first-order valence-electron chi connectivity index (χ1n) is 6.17. The molecule has 0 aliphatic carbocycles. The van der Waals surface area contributed by atoms with Gasteiger partial charge in [-0.05, 0) is 33.6 Å². The molecule has 7 heteroatoms. The first-order chi connectivity index (χ1) is 10.5. The second-order valence-corrected chi connectivity index (χ2v) is 5.16. The molecular formula is C15H11BrFNO4. The van der Waals surface area contributed by atoms with E-state index in [1.165, 1.54) is 6.07 Å². The van der Waals surface area contributed by atoms with Crippen LogP contribution in [0.15, 0.2) is 46.9 Å². The number of aromatic carboxylic acids is 1. The number of halogens is 2. The van der Waals surface area contributed by atoms with Crippen molar-refractivity contribution in [3.05, 3.63) is 63.9 Å². The molecule has 22 heavy (non-hydrogen) atoms. The largest absolute Gasteiger partial charge is 0.478 e. The van der Waals surface area contributed by atoms with E-state index in [0.29, 0.717) is 0 Å². The highest BCUT2D eigenvalue weighted by Crippen LogP contribution is 2.25. The van der Waals surface area contributed by atoms with E-state index in [4.69, 9.17) is 9.84 Å². The van der Waals surface area contributed by atoms with Crippen LogP contribution in [0.25, 0.3) is 0 Å². The van der Waals surface area contributed by atoms with Crippen molar-refractivity contribution in [1.82, 2.24) is 0 Å². The minimum absolute atomic E-state index is 0.0263. The van der Waals surface area contributed by atoms with E-state index in [9.17, 15) is 14.0 Å². The van der Waals surface area contributed by atoms with Crippen LogP contribution in [0.1, 0.15) is 15.9 Å². The summed E-state index contributed by atoms with van der Waals surface area (Å²) in [5, 5.41) is 11.2. The van der Waals surface area contributed by atoms with Crippen LogP contribution in [0.3, 0.4) is 0 Å². The van der Waals surface area contributed by atoms with Gasteiger partial charge in [-0.2, -0.15) is 0 Å². The van der Waals surface area contributed by atoms with E-state index in [2.05, 4.69) is 21.2 Å². The molecule has 0 saturated carbocycles. The number of amides is 1. The Labute approximate surface area is 133 Å². The molecular weight excluding hydrogens is 357 g/mol. The number of hydrogen-bond donors (Lipinski definition) is 2. The van der Waals surface area contributed by atoms with Crippen LogP contribution in [0.4, 0.5) is 14.9 Å². The molecule has 114 valence electrons. The van der Waals surface area contributed by atoms with E-state index in [1.807, 2.05) is 18.2 Å². The Morgan fingerprint density at radius 3 is 2.50 bits per heavy atom. The van der Waals surface area contributed by atoms with Gasteiger partial charge in [0, 0.05) is 10.2 Å². The number of hydrogen-bond acceptors (Lipinski definition) is 3. The van der Waals surface area contributed by atoms with Crippen LogP contribution in [0.5, 0.6) is 0 Å². The van der Waals surface area contributed by atoms with Crippen LogP contribution in [-0.2, 0) is 11.3 Å². The van der Waals surface area contributed by atoms with Crippen molar-refractivity contribution in [2.75, 3.05) is 5.32 Å². The average Bonchev–Trinajstić information content (AvgIpc) is 2.45. The van der Waals surface area contributed by atoms with Crippen molar-refractivity contribution < 1.29 is 23.8 Å². The zero-order chi connectivity index (χ0) is 16.1. The number of carbonyl (C=O) groups excluding carboxylic acids is 1. The Balaban J connectivity index is 2.01. The van der Waals surface area contributed by atoms with Gasteiger partial charge in [0.25, 0.3) is 0 Å². The number of nitrogens with one attached hydrogen (secondary N) is 1. The number of carbonyl (C=O) groups is 2. The first-order valence-corrected chi connectivity index (χ1v) is 6.96. The first kappa shape index (κ1) is 16.0. The molecule has 1 amide bonds. The number of rotatable bonds is 4. The SMILES string of the molecule is O=C(Nc1cc(F)c(C(=O)O)c(Br)c1)OCc1ccccc1. The summed E-state index contributed by atoms with van der Waals surface area (Å²) in [6.07, 6.45) is -0.766. The van der Waals surface area contributed by atoms with Crippen molar-refractivity contribution in [1.29, 1.82) is 0 Å². The monoisotopic (exact) mass is 367 g/mol. The van der Waals surface area contributed by atoms with E-state index >= 15 is 0 Å². The molecule has 2 rings (SSSR count). The molecule has 0 saturated heterocycles. The van der Waals surface area contributed by atoms with Crippen LogP contribution < -0.4 is 5.32 Å². The highest BCUT2D eigenvalue weighted by molar-refractivity contribution is 9.10. The lowest BCUT2D eigenvalue weighted by atomic mass is 10.2. The van der Waals surface area contributed by atoms with Crippen molar-refractivity contribution in [2.24, 2.45) is 0 Å². The van der Waals surface area contributed by atoms with Crippen molar-refractivity contribution in [3.8, 4) is 0 Å². The summed E-state index contributed by atoms with van der Waals surface area (Å²) in [4.78, 5) is 22.5. The average molecular weight is 368 g/mol. The summed E-state index contributed by atoms with van der Waals surface area (Å²) in [5.74, 6) is -2.36. The Kier molecular flexibility index (Phi) is 5.11. The maximum absolute atomic E-state index is 13.7. The number of carboxylic acid groups (broad SMARTS) is 1. The fourth-order valence-electron chi connectivity index (χ4n) is 1.73. The molecule has 0 bridgehead atoms. The minimum Gasteiger partial charge on any atom is -0.478 e. The molecule has 0 aliphatic heterocycles. The highest BCUT2D eigenvalue weighted by atomic mass is 79.9. The topological polar surface area (TPSA) is 75.6 Å². The summed E-state index contributed by atoms with van der Waals surface area (Å²) in [5.41, 5.74) is 0.405. The lowest BCUT2D eigenvalue weighted by Gasteiger charge is -2.09. The van der Waals surface area contributed by atoms with Gasteiger partial charge in [0.15, 0.2) is 0 Å². The summed E-state index contributed by atoms with van der Waals surface area (Å²) >= 11 is 2.95. The van der Waals surface area contributed by atoms with E-state index in [-0.39, 0.29) is 16.8 Å². The zero-order valence-corrected chi connectivity index (χ0v) is 12.8. The lowest BCUT2D eigenvalue weighted by molar-refractivity contribution is 0.0691. The standard InChI is InChI=1S/C15H11BrFNO4/c16-11-6-10(7-12(17)13(11)14(19)20)18-15(21)22-8-9-4-2-1-3-5-9/h1-7H,8H2,(H,18,21)(H,19,20). The third-order valence-corrected chi connectivity index (χ3v) is 3.34. The predicted octanol–water partition coefficient (Wildman–Crippen LogP) is 4.04. The fourth-order valence-corrected chi connectivity index (χ4v) is 2.33. The van der Waals surface area contributed by atoms with Gasteiger partial charge < -0.3 is 9.84 Å². The summed E-state index contributed by atoms with van der Waals surface area (Å²) in [6, 6.07) is 11.3. The summed E-state index contributed by atoms with van der Waals surface area (Å²) < 4.78 is 18.7. The molecule has 2 aromatic rings. The Hall–Kier alpha value is -2.41. The maximum atomic E-state index is 13.7. The van der Waals surface area contributed by atoms with Gasteiger partial charge in [0.2, 0.25) is 0 Å². The second kappa shape index (κ2) is 7.04.